The molecule has 0 saturated heterocycles. The van der Waals surface area contributed by atoms with Gasteiger partial charge in [-0.1, -0.05) is 35.9 Å². The molecule has 0 bridgehead atoms. The fraction of sp³-hybridized carbons (Fsp3) is 0.167. The maximum Gasteiger partial charge on any atom is 0.278 e. The van der Waals surface area contributed by atoms with E-state index in [2.05, 4.69) is 5.10 Å². The van der Waals surface area contributed by atoms with Gasteiger partial charge in [0, 0.05) is 31.0 Å². The van der Waals surface area contributed by atoms with Gasteiger partial charge in [-0.15, -0.1) is 0 Å². The molecular weight excluding hydrogens is 326 g/mol. The quantitative estimate of drug-likeness (QED) is 0.736. The topological polar surface area (TPSA) is 55.2 Å². The number of rotatable bonds is 3. The third-order valence-corrected chi connectivity index (χ3v) is 4.06. The highest BCUT2D eigenvalue weighted by Gasteiger charge is 2.20. The Labute approximate surface area is 144 Å². The maximum atomic E-state index is 12.7. The molecule has 5 nitrogen and oxygen atoms in total. The van der Waals surface area contributed by atoms with Crippen LogP contribution in [0.1, 0.15) is 16.1 Å². The zero-order valence-electron chi connectivity index (χ0n) is 13.4. The molecule has 3 rings (SSSR count). The van der Waals surface area contributed by atoms with Crippen LogP contribution in [0.25, 0.3) is 10.9 Å². The summed E-state index contributed by atoms with van der Waals surface area (Å²) in [5, 5.41) is 5.25. The largest absolute Gasteiger partial charge is 0.336 e. The number of para-hydroxylation sites is 1. The first-order chi connectivity index (χ1) is 11.5. The second-order valence-electron chi connectivity index (χ2n) is 5.61. The first kappa shape index (κ1) is 16.2. The van der Waals surface area contributed by atoms with Gasteiger partial charge in [0.25, 0.3) is 5.91 Å². The van der Waals surface area contributed by atoms with E-state index in [9.17, 15) is 9.59 Å². The average molecular weight is 342 g/mol. The lowest BCUT2D eigenvalue weighted by Gasteiger charge is -2.17. The van der Waals surface area contributed by atoms with Crippen LogP contribution in [0.3, 0.4) is 0 Å². The molecule has 2 aromatic carbocycles. The smallest absolute Gasteiger partial charge is 0.278 e. The molecule has 1 aromatic heterocycles. The van der Waals surface area contributed by atoms with E-state index >= 15 is 0 Å². The Bertz CT molecular complexity index is 981. The van der Waals surface area contributed by atoms with Crippen LogP contribution in [-0.2, 0) is 13.6 Å². The number of fused-ring (bicyclic) bond motifs is 1. The van der Waals surface area contributed by atoms with Gasteiger partial charge >= 0.3 is 0 Å². The Kier molecular flexibility index (Phi) is 4.36. The Hall–Kier alpha value is -2.66. The van der Waals surface area contributed by atoms with E-state index < -0.39 is 5.91 Å². The summed E-state index contributed by atoms with van der Waals surface area (Å²) in [6.07, 6.45) is 0. The van der Waals surface area contributed by atoms with Gasteiger partial charge in [-0.3, -0.25) is 14.3 Å². The average Bonchev–Trinajstić information content (AvgIpc) is 2.57. The van der Waals surface area contributed by atoms with E-state index in [1.807, 2.05) is 18.2 Å². The molecule has 0 spiro atoms. The summed E-state index contributed by atoms with van der Waals surface area (Å²) < 4.78 is 1.55. The predicted octanol–water partition coefficient (Wildman–Crippen LogP) is 2.86. The third-order valence-electron chi connectivity index (χ3n) is 3.82. The van der Waals surface area contributed by atoms with Crippen molar-refractivity contribution in [2.45, 2.75) is 6.54 Å². The number of aromatic nitrogens is 2. The standard InChI is InChI=1S/C18H16ClN3O2/c1-21(11-12-6-5-7-13(19)10-12)18(24)16-17(23)14-8-3-4-9-15(14)22(2)20-16/h3-10H,11H2,1-2H3. The molecular formula is C18H16ClN3O2. The van der Waals surface area contributed by atoms with Crippen LogP contribution in [0.15, 0.2) is 53.3 Å². The van der Waals surface area contributed by atoms with Crippen LogP contribution < -0.4 is 5.43 Å². The number of carbonyl (C=O) groups excluding carboxylic acids is 1. The van der Waals surface area contributed by atoms with Gasteiger partial charge in [0.15, 0.2) is 5.69 Å². The van der Waals surface area contributed by atoms with Crippen molar-refractivity contribution in [2.24, 2.45) is 7.05 Å². The molecule has 0 fully saturated rings. The van der Waals surface area contributed by atoms with Gasteiger partial charge in [-0.25, -0.2) is 0 Å². The summed E-state index contributed by atoms with van der Waals surface area (Å²) in [5.41, 5.74) is 1.14. The van der Waals surface area contributed by atoms with Gasteiger partial charge in [-0.05, 0) is 29.8 Å². The molecule has 0 atom stereocenters. The molecule has 0 saturated carbocycles. The van der Waals surface area contributed by atoms with E-state index in [4.69, 9.17) is 11.6 Å². The highest BCUT2D eigenvalue weighted by Crippen LogP contribution is 2.13. The van der Waals surface area contributed by atoms with Crippen molar-refractivity contribution >= 4 is 28.4 Å². The number of halogens is 1. The molecule has 0 N–H and O–H groups in total. The van der Waals surface area contributed by atoms with E-state index in [0.29, 0.717) is 22.5 Å². The van der Waals surface area contributed by atoms with Crippen molar-refractivity contribution in [3.63, 3.8) is 0 Å². The second kappa shape index (κ2) is 6.45. The zero-order chi connectivity index (χ0) is 17.3. The molecule has 24 heavy (non-hydrogen) atoms. The van der Waals surface area contributed by atoms with E-state index in [0.717, 1.165) is 5.56 Å². The number of benzene rings is 2. The lowest BCUT2D eigenvalue weighted by Crippen LogP contribution is -2.33. The zero-order valence-corrected chi connectivity index (χ0v) is 14.1. The lowest BCUT2D eigenvalue weighted by atomic mass is 10.1. The minimum Gasteiger partial charge on any atom is -0.336 e. The van der Waals surface area contributed by atoms with E-state index in [1.54, 1.807) is 49.1 Å². The molecule has 0 aliphatic rings. The van der Waals surface area contributed by atoms with Crippen LogP contribution in [0, 0.1) is 0 Å². The van der Waals surface area contributed by atoms with Crippen LogP contribution in [0.2, 0.25) is 5.02 Å². The summed E-state index contributed by atoms with van der Waals surface area (Å²) in [4.78, 5) is 26.7. The van der Waals surface area contributed by atoms with E-state index in [1.165, 1.54) is 4.90 Å². The minimum absolute atomic E-state index is 0.0827. The van der Waals surface area contributed by atoms with Crippen LogP contribution in [0.5, 0.6) is 0 Å². The molecule has 0 aliphatic carbocycles. The number of nitrogens with zero attached hydrogens (tertiary/aromatic N) is 3. The summed E-state index contributed by atoms with van der Waals surface area (Å²) >= 11 is 5.97. The summed E-state index contributed by atoms with van der Waals surface area (Å²) in [6, 6.07) is 14.4. The molecule has 3 aromatic rings. The number of hydrogen-bond acceptors (Lipinski definition) is 3. The molecule has 1 amide bonds. The number of hydrogen-bond donors (Lipinski definition) is 0. The lowest BCUT2D eigenvalue weighted by molar-refractivity contribution is 0.0776. The van der Waals surface area contributed by atoms with Gasteiger partial charge in [-0.2, -0.15) is 5.10 Å². The molecule has 0 radical (unpaired) electrons. The van der Waals surface area contributed by atoms with Crippen molar-refractivity contribution < 1.29 is 4.79 Å². The molecule has 122 valence electrons. The van der Waals surface area contributed by atoms with Gasteiger partial charge in [0.2, 0.25) is 5.43 Å². The Morgan fingerprint density at radius 1 is 1.21 bits per heavy atom. The van der Waals surface area contributed by atoms with Crippen molar-refractivity contribution in [3.05, 3.63) is 75.0 Å². The molecule has 1 heterocycles. The van der Waals surface area contributed by atoms with Gasteiger partial charge in [0.1, 0.15) is 0 Å². The Morgan fingerprint density at radius 2 is 1.96 bits per heavy atom. The Morgan fingerprint density at radius 3 is 2.71 bits per heavy atom. The maximum absolute atomic E-state index is 12.7. The summed E-state index contributed by atoms with van der Waals surface area (Å²) in [6.45, 7) is 0.344. The number of aryl methyl sites for hydroxylation is 1. The fourth-order valence-electron chi connectivity index (χ4n) is 2.63. The summed E-state index contributed by atoms with van der Waals surface area (Å²) in [7, 11) is 3.36. The third kappa shape index (κ3) is 3.03. The highest BCUT2D eigenvalue weighted by molar-refractivity contribution is 6.30. The minimum atomic E-state index is -0.415. The number of carbonyl (C=O) groups is 1. The van der Waals surface area contributed by atoms with Crippen LogP contribution in [-0.4, -0.2) is 27.6 Å². The second-order valence-corrected chi connectivity index (χ2v) is 6.05. The van der Waals surface area contributed by atoms with Crippen LogP contribution >= 0.6 is 11.6 Å². The van der Waals surface area contributed by atoms with Crippen molar-refractivity contribution in [2.75, 3.05) is 7.05 Å². The molecule has 0 aliphatic heterocycles. The predicted molar refractivity (Wildman–Crippen MR) is 94.2 cm³/mol. The molecule has 0 unspecified atom stereocenters. The Balaban J connectivity index is 1.96. The van der Waals surface area contributed by atoms with Crippen molar-refractivity contribution in [1.82, 2.24) is 14.7 Å². The first-order valence-electron chi connectivity index (χ1n) is 7.43. The van der Waals surface area contributed by atoms with Crippen LogP contribution in [0.4, 0.5) is 0 Å². The monoisotopic (exact) mass is 341 g/mol. The normalized spacial score (nSPS) is 10.8. The van der Waals surface area contributed by atoms with Gasteiger partial charge < -0.3 is 4.90 Å². The van der Waals surface area contributed by atoms with Crippen molar-refractivity contribution in [1.29, 1.82) is 0 Å². The summed E-state index contributed by atoms with van der Waals surface area (Å²) in [5.74, 6) is -0.415. The fourth-order valence-corrected chi connectivity index (χ4v) is 2.84. The SMILES string of the molecule is CN(Cc1cccc(Cl)c1)C(=O)c1nn(C)c2ccccc2c1=O. The van der Waals surface area contributed by atoms with E-state index in [-0.39, 0.29) is 11.1 Å². The first-order valence-corrected chi connectivity index (χ1v) is 7.81. The van der Waals surface area contributed by atoms with Crippen molar-refractivity contribution in [3.8, 4) is 0 Å². The number of amides is 1. The highest BCUT2D eigenvalue weighted by atomic mass is 35.5. The van der Waals surface area contributed by atoms with Gasteiger partial charge in [0.05, 0.1) is 5.52 Å². The molecule has 6 heteroatoms.